The number of halogens is 1. The van der Waals surface area contributed by atoms with Crippen LogP contribution in [0.25, 0.3) is 0 Å². The van der Waals surface area contributed by atoms with Gasteiger partial charge in [-0.15, -0.1) is 0 Å². The first-order valence-electron chi connectivity index (χ1n) is 5.45. The van der Waals surface area contributed by atoms with E-state index >= 15 is 0 Å². The van der Waals surface area contributed by atoms with E-state index in [-0.39, 0.29) is 11.7 Å². The van der Waals surface area contributed by atoms with E-state index in [1.807, 2.05) is 24.3 Å². The lowest BCUT2D eigenvalue weighted by molar-refractivity contribution is -0.00649. The summed E-state index contributed by atoms with van der Waals surface area (Å²) in [5.41, 5.74) is 0.737. The highest BCUT2D eigenvalue weighted by atomic mass is 79.9. The van der Waals surface area contributed by atoms with Crippen LogP contribution >= 0.6 is 15.9 Å². The first-order valence-corrected chi connectivity index (χ1v) is 6.24. The van der Waals surface area contributed by atoms with E-state index in [1.165, 1.54) is 6.42 Å². The van der Waals surface area contributed by atoms with Crippen LogP contribution in [0.15, 0.2) is 28.7 Å². The molecule has 3 nitrogen and oxygen atoms in total. The zero-order valence-corrected chi connectivity index (χ0v) is 10.4. The first kappa shape index (κ1) is 10.1. The molecule has 1 saturated heterocycles. The molecule has 0 aromatic heterocycles. The van der Waals surface area contributed by atoms with E-state index in [4.69, 9.17) is 4.74 Å². The molecule has 0 radical (unpaired) electrons. The molecule has 0 bridgehead atoms. The van der Waals surface area contributed by atoms with Gasteiger partial charge in [0.15, 0.2) is 0 Å². The maximum absolute atomic E-state index is 11.8. The molecule has 0 atom stereocenters. The highest BCUT2D eigenvalue weighted by Gasteiger charge is 2.49. The summed E-state index contributed by atoms with van der Waals surface area (Å²) >= 11 is 3.38. The van der Waals surface area contributed by atoms with Crippen LogP contribution in [-0.4, -0.2) is 18.2 Å². The fourth-order valence-electron chi connectivity index (χ4n) is 2.27. The lowest BCUT2D eigenvalue weighted by Crippen LogP contribution is -2.41. The van der Waals surface area contributed by atoms with Crippen molar-refractivity contribution in [3.63, 3.8) is 0 Å². The predicted octanol–water partition coefficient (Wildman–Crippen LogP) is 3.33. The molecule has 1 aromatic carbocycles. The number of amides is 1. The number of anilines is 1. The van der Waals surface area contributed by atoms with Crippen molar-refractivity contribution >= 4 is 27.7 Å². The molecule has 4 heteroatoms. The molecule has 1 aromatic rings. The van der Waals surface area contributed by atoms with Crippen molar-refractivity contribution in [1.29, 1.82) is 0 Å². The van der Waals surface area contributed by atoms with Crippen molar-refractivity contribution in [3.05, 3.63) is 28.7 Å². The molecule has 1 aliphatic carbocycles. The third-order valence-corrected chi connectivity index (χ3v) is 3.90. The smallest absolute Gasteiger partial charge is 0.415 e. The Hall–Kier alpha value is -1.03. The van der Waals surface area contributed by atoms with Gasteiger partial charge < -0.3 is 4.74 Å². The summed E-state index contributed by atoms with van der Waals surface area (Å²) in [4.78, 5) is 13.5. The molecule has 3 rings (SSSR count). The van der Waals surface area contributed by atoms with Crippen LogP contribution in [0.4, 0.5) is 10.5 Å². The van der Waals surface area contributed by atoms with Crippen molar-refractivity contribution in [3.8, 4) is 0 Å². The van der Waals surface area contributed by atoms with E-state index in [1.54, 1.807) is 4.90 Å². The van der Waals surface area contributed by atoms with E-state index in [0.29, 0.717) is 6.54 Å². The summed E-state index contributed by atoms with van der Waals surface area (Å²) < 4.78 is 6.47. The second-order valence-corrected chi connectivity index (χ2v) is 5.38. The number of hydrogen-bond acceptors (Lipinski definition) is 2. The van der Waals surface area contributed by atoms with Crippen LogP contribution in [0.2, 0.25) is 0 Å². The molecule has 1 heterocycles. The first-order chi connectivity index (χ1) is 7.69. The molecule has 2 aliphatic rings. The Morgan fingerprint density at radius 1 is 1.25 bits per heavy atom. The number of carbonyl (C=O) groups excluding carboxylic acids is 1. The molecule has 0 N–H and O–H groups in total. The summed E-state index contributed by atoms with van der Waals surface area (Å²) in [6.07, 6.45) is 2.97. The third-order valence-electron chi connectivity index (χ3n) is 3.37. The molecule has 2 fully saturated rings. The highest BCUT2D eigenvalue weighted by molar-refractivity contribution is 9.10. The minimum Gasteiger partial charge on any atom is -0.441 e. The van der Waals surface area contributed by atoms with E-state index in [0.717, 1.165) is 23.0 Å². The van der Waals surface area contributed by atoms with Crippen LogP contribution < -0.4 is 4.90 Å². The van der Waals surface area contributed by atoms with Gasteiger partial charge in [-0.1, -0.05) is 15.9 Å². The van der Waals surface area contributed by atoms with Crippen LogP contribution in [0, 0.1) is 0 Å². The lowest BCUT2D eigenvalue weighted by atomic mass is 9.80. The van der Waals surface area contributed by atoms with Crippen molar-refractivity contribution in [1.82, 2.24) is 0 Å². The predicted molar refractivity (Wildman–Crippen MR) is 64.6 cm³/mol. The Morgan fingerprint density at radius 3 is 2.44 bits per heavy atom. The molecular formula is C12H12BrNO2. The maximum Gasteiger partial charge on any atom is 0.415 e. The summed E-state index contributed by atoms with van der Waals surface area (Å²) in [6, 6.07) is 7.74. The number of carbonyl (C=O) groups is 1. The highest BCUT2D eigenvalue weighted by Crippen LogP contribution is 2.42. The Bertz CT molecular complexity index is 425. The summed E-state index contributed by atoms with van der Waals surface area (Å²) in [5.74, 6) is 0. The third kappa shape index (κ3) is 1.52. The number of hydrogen-bond donors (Lipinski definition) is 0. The topological polar surface area (TPSA) is 29.5 Å². The number of benzene rings is 1. The van der Waals surface area contributed by atoms with Crippen molar-refractivity contribution in [2.75, 3.05) is 11.4 Å². The fraction of sp³-hybridized carbons (Fsp3) is 0.417. The van der Waals surface area contributed by atoms with Gasteiger partial charge in [0.05, 0.1) is 6.54 Å². The number of ether oxygens (including phenoxy) is 1. The second kappa shape index (κ2) is 3.48. The largest absolute Gasteiger partial charge is 0.441 e. The van der Waals surface area contributed by atoms with Gasteiger partial charge in [0.1, 0.15) is 5.60 Å². The molecule has 84 valence electrons. The lowest BCUT2D eigenvalue weighted by Gasteiger charge is -2.35. The van der Waals surface area contributed by atoms with E-state index < -0.39 is 0 Å². The van der Waals surface area contributed by atoms with E-state index in [9.17, 15) is 4.79 Å². The Kier molecular flexibility index (Phi) is 2.21. The number of rotatable bonds is 1. The Morgan fingerprint density at radius 2 is 1.94 bits per heavy atom. The molecule has 1 amide bonds. The van der Waals surface area contributed by atoms with Gasteiger partial charge >= 0.3 is 6.09 Å². The molecule has 0 unspecified atom stereocenters. The van der Waals surface area contributed by atoms with Gasteiger partial charge in [-0.2, -0.15) is 0 Å². The van der Waals surface area contributed by atoms with Crippen molar-refractivity contribution in [2.24, 2.45) is 0 Å². The van der Waals surface area contributed by atoms with Crippen LogP contribution in [0.3, 0.4) is 0 Å². The standard InChI is InChI=1S/C12H12BrNO2/c13-9-2-4-10(5-3-9)14-8-12(6-1-7-12)16-11(14)15/h2-5H,1,6-8H2. The minimum atomic E-state index is -0.206. The van der Waals surface area contributed by atoms with Gasteiger partial charge in [-0.25, -0.2) is 4.79 Å². The van der Waals surface area contributed by atoms with Gasteiger partial charge in [0.2, 0.25) is 0 Å². The fourth-order valence-corrected chi connectivity index (χ4v) is 2.54. The van der Waals surface area contributed by atoms with E-state index in [2.05, 4.69) is 15.9 Å². The molecule has 1 spiro atoms. The van der Waals surface area contributed by atoms with Gasteiger partial charge in [-0.3, -0.25) is 4.90 Å². The summed E-state index contributed by atoms with van der Waals surface area (Å²) in [7, 11) is 0. The average Bonchev–Trinajstić information content (AvgIpc) is 2.57. The SMILES string of the molecule is O=C1OC2(CCC2)CN1c1ccc(Br)cc1. The summed E-state index contributed by atoms with van der Waals surface area (Å²) in [5, 5.41) is 0. The van der Waals surface area contributed by atoms with Crippen molar-refractivity contribution < 1.29 is 9.53 Å². The minimum absolute atomic E-state index is 0.176. The zero-order valence-electron chi connectivity index (χ0n) is 8.78. The molecule has 1 saturated carbocycles. The van der Waals surface area contributed by atoms with Gasteiger partial charge in [0, 0.05) is 10.2 Å². The monoisotopic (exact) mass is 281 g/mol. The Balaban J connectivity index is 1.85. The maximum atomic E-state index is 11.8. The van der Waals surface area contributed by atoms with Crippen molar-refractivity contribution in [2.45, 2.75) is 24.9 Å². The summed E-state index contributed by atoms with van der Waals surface area (Å²) in [6.45, 7) is 0.702. The molecular weight excluding hydrogens is 270 g/mol. The quantitative estimate of drug-likeness (QED) is 0.790. The normalized spacial score (nSPS) is 22.1. The Labute approximate surface area is 103 Å². The van der Waals surface area contributed by atoms with Crippen LogP contribution in [0.1, 0.15) is 19.3 Å². The van der Waals surface area contributed by atoms with Gasteiger partial charge in [0.25, 0.3) is 0 Å². The van der Waals surface area contributed by atoms with Crippen LogP contribution in [0.5, 0.6) is 0 Å². The van der Waals surface area contributed by atoms with Gasteiger partial charge in [-0.05, 0) is 43.5 Å². The molecule has 1 aliphatic heterocycles. The zero-order chi connectivity index (χ0) is 11.2. The van der Waals surface area contributed by atoms with Crippen LogP contribution in [-0.2, 0) is 4.74 Å². The molecule has 16 heavy (non-hydrogen) atoms. The average molecular weight is 282 g/mol. The number of nitrogens with zero attached hydrogens (tertiary/aromatic N) is 1. The second-order valence-electron chi connectivity index (χ2n) is 4.47.